The van der Waals surface area contributed by atoms with Crippen LogP contribution in [0.3, 0.4) is 0 Å². The first-order chi connectivity index (χ1) is 10.1. The number of carbonyl (C=O) groups is 1. The molecule has 1 unspecified atom stereocenters. The molecule has 1 aromatic carbocycles. The Hall–Kier alpha value is -1.35. The van der Waals surface area contributed by atoms with Gasteiger partial charge in [-0.15, -0.1) is 0 Å². The van der Waals surface area contributed by atoms with Gasteiger partial charge in [-0.2, -0.15) is 0 Å². The quantitative estimate of drug-likeness (QED) is 0.874. The summed E-state index contributed by atoms with van der Waals surface area (Å²) in [6.07, 6.45) is 1.75. The lowest BCUT2D eigenvalue weighted by atomic mass is 9.72. The molecule has 3 heteroatoms. The van der Waals surface area contributed by atoms with Crippen molar-refractivity contribution in [2.45, 2.75) is 39.0 Å². The van der Waals surface area contributed by atoms with E-state index in [0.717, 1.165) is 38.0 Å². The normalized spacial score (nSPS) is 19.2. The molecule has 1 heterocycles. The standard InChI is InChI=1S/C18H28N2O/c1-14(2)15(3)13-20-17(21)18(9-11-19-12-10-18)16-7-5-4-6-8-16/h4-8,14-15,19H,9-13H2,1-3H3,(H,20,21). The highest BCUT2D eigenvalue weighted by Crippen LogP contribution is 2.33. The zero-order valence-corrected chi connectivity index (χ0v) is 13.5. The summed E-state index contributed by atoms with van der Waals surface area (Å²) >= 11 is 0. The van der Waals surface area contributed by atoms with Gasteiger partial charge in [-0.25, -0.2) is 0 Å². The van der Waals surface area contributed by atoms with Crippen LogP contribution >= 0.6 is 0 Å². The van der Waals surface area contributed by atoms with Crippen molar-refractivity contribution in [3.05, 3.63) is 35.9 Å². The number of benzene rings is 1. The minimum Gasteiger partial charge on any atom is -0.355 e. The van der Waals surface area contributed by atoms with Crippen LogP contribution in [-0.4, -0.2) is 25.5 Å². The molecule has 0 spiro atoms. The molecule has 2 N–H and O–H groups in total. The zero-order valence-electron chi connectivity index (χ0n) is 13.5. The molecule has 1 atom stereocenters. The van der Waals surface area contributed by atoms with Gasteiger partial charge in [-0.3, -0.25) is 4.79 Å². The summed E-state index contributed by atoms with van der Waals surface area (Å²) in [4.78, 5) is 12.9. The second kappa shape index (κ2) is 7.08. The molecule has 116 valence electrons. The fourth-order valence-corrected chi connectivity index (χ4v) is 2.92. The van der Waals surface area contributed by atoms with Crippen LogP contribution in [0.5, 0.6) is 0 Å². The SMILES string of the molecule is CC(C)C(C)CNC(=O)C1(c2ccccc2)CCNCC1. The molecule has 0 radical (unpaired) electrons. The van der Waals surface area contributed by atoms with E-state index in [1.165, 1.54) is 0 Å². The van der Waals surface area contributed by atoms with Crippen LogP contribution < -0.4 is 10.6 Å². The van der Waals surface area contributed by atoms with E-state index in [1.54, 1.807) is 0 Å². The van der Waals surface area contributed by atoms with Crippen molar-refractivity contribution < 1.29 is 4.79 Å². The fourth-order valence-electron chi connectivity index (χ4n) is 2.92. The van der Waals surface area contributed by atoms with Crippen molar-refractivity contribution in [2.75, 3.05) is 19.6 Å². The molecule has 0 saturated carbocycles. The maximum absolute atomic E-state index is 12.9. The van der Waals surface area contributed by atoms with E-state index in [-0.39, 0.29) is 11.3 Å². The van der Waals surface area contributed by atoms with Gasteiger partial charge >= 0.3 is 0 Å². The van der Waals surface area contributed by atoms with E-state index in [0.29, 0.717) is 11.8 Å². The summed E-state index contributed by atoms with van der Waals surface area (Å²) in [5.41, 5.74) is 0.796. The van der Waals surface area contributed by atoms with Crippen molar-refractivity contribution in [2.24, 2.45) is 11.8 Å². The highest BCUT2D eigenvalue weighted by Gasteiger charge is 2.40. The summed E-state index contributed by atoms with van der Waals surface area (Å²) in [5.74, 6) is 1.29. The first-order valence-electron chi connectivity index (χ1n) is 8.11. The lowest BCUT2D eigenvalue weighted by Crippen LogP contribution is -2.51. The maximum Gasteiger partial charge on any atom is 0.230 e. The summed E-state index contributed by atoms with van der Waals surface area (Å²) in [6.45, 7) is 9.17. The highest BCUT2D eigenvalue weighted by atomic mass is 16.2. The molecule has 2 rings (SSSR count). The molecular weight excluding hydrogens is 260 g/mol. The molecule has 0 aromatic heterocycles. The fraction of sp³-hybridized carbons (Fsp3) is 0.611. The van der Waals surface area contributed by atoms with Crippen molar-refractivity contribution in [3.63, 3.8) is 0 Å². The average molecular weight is 288 g/mol. The third-order valence-electron chi connectivity index (χ3n) is 4.94. The number of carbonyl (C=O) groups excluding carboxylic acids is 1. The lowest BCUT2D eigenvalue weighted by molar-refractivity contribution is -0.128. The van der Waals surface area contributed by atoms with Gasteiger partial charge in [0.15, 0.2) is 0 Å². The van der Waals surface area contributed by atoms with E-state index in [1.807, 2.05) is 18.2 Å². The van der Waals surface area contributed by atoms with Gasteiger partial charge in [0.05, 0.1) is 5.41 Å². The second-order valence-corrected chi connectivity index (χ2v) is 6.63. The number of rotatable bonds is 5. The van der Waals surface area contributed by atoms with Gasteiger partial charge in [0.2, 0.25) is 5.91 Å². The molecule has 1 saturated heterocycles. The number of piperidine rings is 1. The number of nitrogens with one attached hydrogen (secondary N) is 2. The Morgan fingerprint density at radius 3 is 2.38 bits per heavy atom. The molecule has 1 aliphatic heterocycles. The molecule has 21 heavy (non-hydrogen) atoms. The van der Waals surface area contributed by atoms with Crippen molar-refractivity contribution in [1.82, 2.24) is 10.6 Å². The second-order valence-electron chi connectivity index (χ2n) is 6.63. The summed E-state index contributed by atoms with van der Waals surface area (Å²) in [6, 6.07) is 10.3. The maximum atomic E-state index is 12.9. The minimum atomic E-state index is -0.358. The molecule has 1 amide bonds. The smallest absolute Gasteiger partial charge is 0.230 e. The van der Waals surface area contributed by atoms with Crippen LogP contribution in [0.1, 0.15) is 39.2 Å². The number of amides is 1. The molecule has 1 aromatic rings. The topological polar surface area (TPSA) is 41.1 Å². The predicted octanol–water partition coefficient (Wildman–Crippen LogP) is 2.72. The number of hydrogen-bond donors (Lipinski definition) is 2. The van der Waals surface area contributed by atoms with E-state index in [2.05, 4.69) is 43.5 Å². The van der Waals surface area contributed by atoms with Crippen LogP contribution in [0.2, 0.25) is 0 Å². The van der Waals surface area contributed by atoms with E-state index < -0.39 is 0 Å². The Balaban J connectivity index is 2.14. The van der Waals surface area contributed by atoms with Crippen LogP contribution in [0.25, 0.3) is 0 Å². The van der Waals surface area contributed by atoms with Crippen LogP contribution in [0.15, 0.2) is 30.3 Å². The molecule has 0 aliphatic carbocycles. The third-order valence-corrected chi connectivity index (χ3v) is 4.94. The largest absolute Gasteiger partial charge is 0.355 e. The monoisotopic (exact) mass is 288 g/mol. The predicted molar refractivity (Wildman–Crippen MR) is 87.2 cm³/mol. The van der Waals surface area contributed by atoms with Crippen molar-refractivity contribution in [1.29, 1.82) is 0 Å². The molecule has 3 nitrogen and oxygen atoms in total. The van der Waals surface area contributed by atoms with Crippen LogP contribution in [0, 0.1) is 11.8 Å². The molecular formula is C18H28N2O. The average Bonchev–Trinajstić information content (AvgIpc) is 2.53. The van der Waals surface area contributed by atoms with Gasteiger partial charge in [0.25, 0.3) is 0 Å². The zero-order chi connectivity index (χ0) is 15.3. The summed E-state index contributed by atoms with van der Waals surface area (Å²) in [7, 11) is 0. The number of hydrogen-bond acceptors (Lipinski definition) is 2. The highest BCUT2D eigenvalue weighted by molar-refractivity contribution is 5.88. The summed E-state index contributed by atoms with van der Waals surface area (Å²) in [5, 5.41) is 6.57. The Labute approximate surface area is 128 Å². The van der Waals surface area contributed by atoms with Crippen molar-refractivity contribution >= 4 is 5.91 Å². The first-order valence-corrected chi connectivity index (χ1v) is 8.11. The van der Waals surface area contributed by atoms with E-state index >= 15 is 0 Å². The van der Waals surface area contributed by atoms with Gasteiger partial charge in [0.1, 0.15) is 0 Å². The Bertz CT molecular complexity index is 450. The Morgan fingerprint density at radius 2 is 1.81 bits per heavy atom. The van der Waals surface area contributed by atoms with Gasteiger partial charge in [-0.05, 0) is 43.3 Å². The van der Waals surface area contributed by atoms with Crippen molar-refractivity contribution in [3.8, 4) is 0 Å². The summed E-state index contributed by atoms with van der Waals surface area (Å²) < 4.78 is 0. The minimum absolute atomic E-state index is 0.197. The first kappa shape index (κ1) is 16.0. The van der Waals surface area contributed by atoms with Gasteiger partial charge < -0.3 is 10.6 Å². The van der Waals surface area contributed by atoms with Gasteiger partial charge in [0, 0.05) is 6.54 Å². The molecule has 0 bridgehead atoms. The molecule has 1 aliphatic rings. The van der Waals surface area contributed by atoms with Crippen LogP contribution in [0.4, 0.5) is 0 Å². The Kier molecular flexibility index (Phi) is 5.40. The molecule has 1 fully saturated rings. The van der Waals surface area contributed by atoms with Crippen LogP contribution in [-0.2, 0) is 10.2 Å². The van der Waals surface area contributed by atoms with E-state index in [4.69, 9.17) is 0 Å². The van der Waals surface area contributed by atoms with Gasteiger partial charge in [-0.1, -0.05) is 51.1 Å². The lowest BCUT2D eigenvalue weighted by Gasteiger charge is -2.37. The Morgan fingerprint density at radius 1 is 1.19 bits per heavy atom. The third kappa shape index (κ3) is 3.65. The van der Waals surface area contributed by atoms with E-state index in [9.17, 15) is 4.79 Å².